The van der Waals surface area contributed by atoms with Crippen molar-refractivity contribution in [2.45, 2.75) is 33.9 Å². The molecule has 0 spiro atoms. The van der Waals surface area contributed by atoms with Gasteiger partial charge in [0.25, 0.3) is 5.91 Å². The fraction of sp³-hybridized carbons (Fsp3) is 0.316. The van der Waals surface area contributed by atoms with Gasteiger partial charge in [-0.15, -0.1) is 0 Å². The molecule has 0 saturated carbocycles. The van der Waals surface area contributed by atoms with Crippen LogP contribution in [0.1, 0.15) is 35.5 Å². The molecule has 0 bridgehead atoms. The third kappa shape index (κ3) is 3.77. The number of hydrogen-bond acceptors (Lipinski definition) is 4. The minimum Gasteiger partial charge on any atom is -0.493 e. The zero-order valence-corrected chi connectivity index (χ0v) is 15.3. The van der Waals surface area contributed by atoms with Crippen molar-refractivity contribution >= 4 is 11.6 Å². The van der Waals surface area contributed by atoms with E-state index in [0.29, 0.717) is 30.2 Å². The number of anilines is 1. The van der Waals surface area contributed by atoms with E-state index in [1.165, 1.54) is 0 Å². The lowest BCUT2D eigenvalue weighted by Crippen LogP contribution is -2.13. The molecule has 7 heteroatoms. The van der Waals surface area contributed by atoms with Crippen LogP contribution in [-0.2, 0) is 13.1 Å². The lowest BCUT2D eigenvalue weighted by Gasteiger charge is -2.09. The first kappa shape index (κ1) is 17.7. The summed E-state index contributed by atoms with van der Waals surface area (Å²) in [5, 5.41) is 11.5. The molecule has 0 atom stereocenters. The number of nitrogens with zero attached hydrogens (tertiary/aromatic N) is 4. The molecule has 2 aromatic heterocycles. The Morgan fingerprint density at radius 3 is 2.73 bits per heavy atom. The molecule has 1 N–H and O–H groups in total. The smallest absolute Gasteiger partial charge is 0.259 e. The van der Waals surface area contributed by atoms with Gasteiger partial charge in [0.05, 0.1) is 36.8 Å². The maximum absolute atomic E-state index is 12.5. The molecule has 0 radical (unpaired) electrons. The van der Waals surface area contributed by atoms with Gasteiger partial charge in [-0.2, -0.15) is 10.2 Å². The summed E-state index contributed by atoms with van der Waals surface area (Å²) in [6.07, 6.45) is 5.31. The lowest BCUT2D eigenvalue weighted by atomic mass is 10.2. The van der Waals surface area contributed by atoms with Crippen LogP contribution in [0.3, 0.4) is 0 Å². The summed E-state index contributed by atoms with van der Waals surface area (Å²) in [7, 11) is 0. The lowest BCUT2D eigenvalue weighted by molar-refractivity contribution is 0.102. The standard InChI is InChI=1S/C19H23N5O2/c1-4-24-14(3)15(10-21-24)12-23-13-16(11-20-23)22-19(25)17-8-6-7-9-18(17)26-5-2/h6-11,13H,4-5,12H2,1-3H3,(H,22,25). The van der Waals surface area contributed by atoms with E-state index < -0.39 is 0 Å². The van der Waals surface area contributed by atoms with Crippen LogP contribution in [0.4, 0.5) is 5.69 Å². The number of carbonyl (C=O) groups is 1. The Labute approximate surface area is 152 Å². The number of carbonyl (C=O) groups excluding carboxylic acids is 1. The summed E-state index contributed by atoms with van der Waals surface area (Å²) in [5.41, 5.74) is 3.37. The molecule has 26 heavy (non-hydrogen) atoms. The summed E-state index contributed by atoms with van der Waals surface area (Å²) < 4.78 is 9.25. The maximum Gasteiger partial charge on any atom is 0.259 e. The highest BCUT2D eigenvalue weighted by Gasteiger charge is 2.13. The van der Waals surface area contributed by atoms with Crippen molar-refractivity contribution in [3.8, 4) is 5.75 Å². The Balaban J connectivity index is 1.70. The molecule has 1 amide bonds. The van der Waals surface area contributed by atoms with Crippen LogP contribution in [-0.4, -0.2) is 32.1 Å². The summed E-state index contributed by atoms with van der Waals surface area (Å²) in [4.78, 5) is 12.5. The zero-order valence-electron chi connectivity index (χ0n) is 15.3. The predicted octanol–water partition coefficient (Wildman–Crippen LogP) is 3.11. The number of ether oxygens (including phenoxy) is 1. The van der Waals surface area contributed by atoms with Gasteiger partial charge in [-0.3, -0.25) is 14.2 Å². The topological polar surface area (TPSA) is 74.0 Å². The number of amides is 1. The van der Waals surface area contributed by atoms with Crippen LogP contribution in [0, 0.1) is 6.92 Å². The average molecular weight is 353 g/mol. The van der Waals surface area contributed by atoms with E-state index in [1.807, 2.05) is 43.1 Å². The number of nitrogens with one attached hydrogen (secondary N) is 1. The molecular weight excluding hydrogens is 330 g/mol. The predicted molar refractivity (Wildman–Crippen MR) is 99.5 cm³/mol. The van der Waals surface area contributed by atoms with Crippen molar-refractivity contribution in [3.63, 3.8) is 0 Å². The Morgan fingerprint density at radius 1 is 1.19 bits per heavy atom. The quantitative estimate of drug-likeness (QED) is 0.708. The van der Waals surface area contributed by atoms with Crippen LogP contribution in [0.15, 0.2) is 42.9 Å². The maximum atomic E-state index is 12.5. The van der Waals surface area contributed by atoms with Gasteiger partial charge in [-0.25, -0.2) is 0 Å². The molecule has 0 aliphatic heterocycles. The van der Waals surface area contributed by atoms with Crippen molar-refractivity contribution in [1.82, 2.24) is 19.6 Å². The molecule has 0 unspecified atom stereocenters. The number of hydrogen-bond donors (Lipinski definition) is 1. The van der Waals surface area contributed by atoms with Crippen molar-refractivity contribution in [1.29, 1.82) is 0 Å². The van der Waals surface area contributed by atoms with Gasteiger partial charge >= 0.3 is 0 Å². The first-order valence-electron chi connectivity index (χ1n) is 8.69. The molecule has 2 heterocycles. The summed E-state index contributed by atoms with van der Waals surface area (Å²) >= 11 is 0. The van der Waals surface area contributed by atoms with Gasteiger partial charge in [0.15, 0.2) is 0 Å². The highest BCUT2D eigenvalue weighted by atomic mass is 16.5. The molecular formula is C19H23N5O2. The molecule has 136 valence electrons. The summed E-state index contributed by atoms with van der Waals surface area (Å²) in [6, 6.07) is 7.19. The van der Waals surface area contributed by atoms with Gasteiger partial charge in [-0.05, 0) is 32.9 Å². The van der Waals surface area contributed by atoms with E-state index in [-0.39, 0.29) is 5.91 Å². The number of para-hydroxylation sites is 1. The Kier molecular flexibility index (Phi) is 5.36. The first-order chi connectivity index (χ1) is 12.6. The highest BCUT2D eigenvalue weighted by Crippen LogP contribution is 2.20. The van der Waals surface area contributed by atoms with E-state index in [1.54, 1.807) is 23.0 Å². The van der Waals surface area contributed by atoms with Gasteiger partial charge < -0.3 is 10.1 Å². The minimum absolute atomic E-state index is 0.219. The highest BCUT2D eigenvalue weighted by molar-refractivity contribution is 6.06. The molecule has 0 aliphatic rings. The van der Waals surface area contributed by atoms with Crippen LogP contribution >= 0.6 is 0 Å². The normalized spacial score (nSPS) is 10.7. The van der Waals surface area contributed by atoms with E-state index in [9.17, 15) is 4.79 Å². The van der Waals surface area contributed by atoms with Crippen molar-refractivity contribution < 1.29 is 9.53 Å². The van der Waals surface area contributed by atoms with Crippen LogP contribution < -0.4 is 10.1 Å². The Hall–Kier alpha value is -3.09. The zero-order chi connectivity index (χ0) is 18.5. The number of benzene rings is 1. The second kappa shape index (κ2) is 7.86. The average Bonchev–Trinajstić information content (AvgIpc) is 3.23. The molecule has 0 aliphatic carbocycles. The van der Waals surface area contributed by atoms with E-state index in [2.05, 4.69) is 22.4 Å². The molecule has 0 saturated heterocycles. The molecule has 1 aromatic carbocycles. The van der Waals surface area contributed by atoms with Crippen LogP contribution in [0.5, 0.6) is 5.75 Å². The first-order valence-corrected chi connectivity index (χ1v) is 8.69. The van der Waals surface area contributed by atoms with E-state index >= 15 is 0 Å². The van der Waals surface area contributed by atoms with Gasteiger partial charge in [-0.1, -0.05) is 12.1 Å². The van der Waals surface area contributed by atoms with E-state index in [0.717, 1.165) is 17.8 Å². The monoisotopic (exact) mass is 353 g/mol. The van der Waals surface area contributed by atoms with Gasteiger partial charge in [0.1, 0.15) is 5.75 Å². The van der Waals surface area contributed by atoms with Gasteiger partial charge in [0.2, 0.25) is 0 Å². The summed E-state index contributed by atoms with van der Waals surface area (Å²) in [6.45, 7) is 7.95. The minimum atomic E-state index is -0.219. The van der Waals surface area contributed by atoms with Crippen molar-refractivity contribution in [2.75, 3.05) is 11.9 Å². The molecule has 0 fully saturated rings. The van der Waals surface area contributed by atoms with Crippen molar-refractivity contribution in [2.24, 2.45) is 0 Å². The number of aryl methyl sites for hydroxylation is 1. The van der Waals surface area contributed by atoms with Crippen LogP contribution in [0.2, 0.25) is 0 Å². The van der Waals surface area contributed by atoms with Crippen molar-refractivity contribution in [3.05, 3.63) is 59.7 Å². The molecule has 7 nitrogen and oxygen atoms in total. The van der Waals surface area contributed by atoms with E-state index in [4.69, 9.17) is 4.74 Å². The third-order valence-corrected chi connectivity index (χ3v) is 4.16. The Morgan fingerprint density at radius 2 is 2.00 bits per heavy atom. The van der Waals surface area contributed by atoms with Crippen LogP contribution in [0.25, 0.3) is 0 Å². The Bertz CT molecular complexity index is 897. The fourth-order valence-corrected chi connectivity index (χ4v) is 2.78. The SMILES string of the molecule is CCOc1ccccc1C(=O)Nc1cnn(Cc2cnn(CC)c2C)c1. The second-order valence-electron chi connectivity index (χ2n) is 5.88. The third-order valence-electron chi connectivity index (χ3n) is 4.16. The number of aromatic nitrogens is 4. The summed E-state index contributed by atoms with van der Waals surface area (Å²) in [5.74, 6) is 0.353. The number of rotatable bonds is 7. The van der Waals surface area contributed by atoms with Gasteiger partial charge in [0, 0.05) is 24.0 Å². The fourth-order valence-electron chi connectivity index (χ4n) is 2.78. The molecule has 3 aromatic rings. The molecule has 3 rings (SSSR count). The largest absolute Gasteiger partial charge is 0.493 e. The second-order valence-corrected chi connectivity index (χ2v) is 5.88.